The van der Waals surface area contributed by atoms with Crippen LogP contribution in [0.1, 0.15) is 6.42 Å². The Morgan fingerprint density at radius 2 is 1.75 bits per heavy atom. The number of hydrogen-bond acceptors (Lipinski definition) is 3. The van der Waals surface area contributed by atoms with Crippen molar-refractivity contribution in [2.45, 2.75) is 32.6 Å². The van der Waals surface area contributed by atoms with Gasteiger partial charge in [-0.2, -0.15) is 0 Å². The SMILES string of the molecule is C[SiH](C)N(N=CCC=O)[SiH](C)C. The van der Waals surface area contributed by atoms with Gasteiger partial charge in [-0.05, 0) is 0 Å². The molecule has 0 bridgehead atoms. The summed E-state index contributed by atoms with van der Waals surface area (Å²) < 4.78 is 2.25. The molecule has 0 saturated carbocycles. The van der Waals surface area contributed by atoms with E-state index >= 15 is 0 Å². The van der Waals surface area contributed by atoms with Crippen molar-refractivity contribution in [2.75, 3.05) is 0 Å². The van der Waals surface area contributed by atoms with Crippen LogP contribution in [0.25, 0.3) is 0 Å². The van der Waals surface area contributed by atoms with Crippen LogP contribution in [-0.4, -0.2) is 34.8 Å². The number of aldehydes is 1. The Balaban J connectivity index is 4.03. The maximum Gasteiger partial charge on any atom is 0.144 e. The minimum Gasteiger partial charge on any atom is -0.355 e. The van der Waals surface area contributed by atoms with Gasteiger partial charge in [0, 0.05) is 12.6 Å². The van der Waals surface area contributed by atoms with Gasteiger partial charge in [-0.25, -0.2) is 5.10 Å². The Hall–Kier alpha value is -0.426. The summed E-state index contributed by atoms with van der Waals surface area (Å²) in [7, 11) is -1.61. The molecule has 0 radical (unpaired) electrons. The second kappa shape index (κ2) is 6.13. The summed E-state index contributed by atoms with van der Waals surface area (Å²) in [6.45, 7) is 9.02. The number of carbonyl (C=O) groups excluding carboxylic acids is 1. The lowest BCUT2D eigenvalue weighted by Gasteiger charge is -2.26. The van der Waals surface area contributed by atoms with Crippen LogP contribution in [0.5, 0.6) is 0 Å². The summed E-state index contributed by atoms with van der Waals surface area (Å²) >= 11 is 0. The number of rotatable bonds is 5. The van der Waals surface area contributed by atoms with Crippen LogP contribution in [0, 0.1) is 0 Å². The second-order valence-electron chi connectivity index (χ2n) is 3.27. The summed E-state index contributed by atoms with van der Waals surface area (Å²) in [6, 6.07) is 0. The summed E-state index contributed by atoms with van der Waals surface area (Å²) in [4.78, 5) is 10.0. The van der Waals surface area contributed by atoms with E-state index in [1.165, 1.54) is 0 Å². The van der Waals surface area contributed by atoms with Gasteiger partial charge in [-0.3, -0.25) is 0 Å². The van der Waals surface area contributed by atoms with Gasteiger partial charge in [0.2, 0.25) is 0 Å². The normalized spacial score (nSPS) is 11.5. The quantitative estimate of drug-likeness (QED) is 0.286. The molecule has 0 amide bonds. The topological polar surface area (TPSA) is 32.7 Å². The molecule has 0 aliphatic heterocycles. The van der Waals surface area contributed by atoms with E-state index in [1.807, 2.05) is 0 Å². The lowest BCUT2D eigenvalue weighted by atomic mass is 10.5. The molecule has 0 aromatic carbocycles. The van der Waals surface area contributed by atoms with E-state index in [4.69, 9.17) is 0 Å². The largest absolute Gasteiger partial charge is 0.355 e. The standard InChI is InChI=1S/C7H18N2OSi2/c1-11(2)9(12(3)4)8-6-5-7-10/h6-7,11-12H,5H2,1-4H3. The van der Waals surface area contributed by atoms with E-state index in [0.29, 0.717) is 6.42 Å². The van der Waals surface area contributed by atoms with Gasteiger partial charge in [-0.15, -0.1) is 0 Å². The third-order valence-corrected chi connectivity index (χ3v) is 7.44. The Labute approximate surface area is 77.8 Å². The van der Waals surface area contributed by atoms with E-state index in [1.54, 1.807) is 6.21 Å². The van der Waals surface area contributed by atoms with Crippen LogP contribution in [0.15, 0.2) is 5.10 Å². The first-order valence-corrected chi connectivity index (χ1v) is 9.99. The van der Waals surface area contributed by atoms with E-state index in [0.717, 1.165) is 6.29 Å². The van der Waals surface area contributed by atoms with Crippen molar-refractivity contribution < 1.29 is 4.79 Å². The Bertz CT molecular complexity index is 151. The number of nitrogens with zero attached hydrogens (tertiary/aromatic N) is 2. The highest BCUT2D eigenvalue weighted by Gasteiger charge is 2.11. The fourth-order valence-electron chi connectivity index (χ4n) is 1.05. The summed E-state index contributed by atoms with van der Waals surface area (Å²) in [5, 5.41) is 4.31. The smallest absolute Gasteiger partial charge is 0.144 e. The molecule has 0 rings (SSSR count). The highest BCUT2D eigenvalue weighted by atomic mass is 28.3. The Morgan fingerprint density at radius 1 is 1.25 bits per heavy atom. The average Bonchev–Trinajstić information content (AvgIpc) is 1.96. The maximum absolute atomic E-state index is 10.0. The molecule has 3 nitrogen and oxygen atoms in total. The number of hydrogen-bond donors (Lipinski definition) is 0. The minimum absolute atomic E-state index is 0.443. The Kier molecular flexibility index (Phi) is 5.91. The van der Waals surface area contributed by atoms with Crippen LogP contribution < -0.4 is 0 Å². The molecule has 0 fully saturated rings. The predicted octanol–water partition coefficient (Wildman–Crippen LogP) is 0.830. The third kappa shape index (κ3) is 4.45. The first-order valence-electron chi connectivity index (χ1n) is 4.34. The van der Waals surface area contributed by atoms with E-state index in [-0.39, 0.29) is 0 Å². The van der Waals surface area contributed by atoms with Crippen molar-refractivity contribution >= 4 is 30.4 Å². The zero-order valence-electron chi connectivity index (χ0n) is 8.32. The Morgan fingerprint density at radius 3 is 2.08 bits per heavy atom. The van der Waals surface area contributed by atoms with Crippen LogP contribution in [-0.2, 0) is 4.79 Å². The summed E-state index contributed by atoms with van der Waals surface area (Å²) in [5.74, 6) is 0. The van der Waals surface area contributed by atoms with Crippen molar-refractivity contribution in [2.24, 2.45) is 5.10 Å². The van der Waals surface area contributed by atoms with Crippen LogP contribution in [0.3, 0.4) is 0 Å². The molecule has 0 aliphatic rings. The molecule has 0 spiro atoms. The minimum atomic E-state index is -0.805. The maximum atomic E-state index is 10.0. The van der Waals surface area contributed by atoms with Crippen LogP contribution in [0.4, 0.5) is 0 Å². The monoisotopic (exact) mass is 202 g/mol. The molecule has 0 aromatic heterocycles. The van der Waals surface area contributed by atoms with Gasteiger partial charge < -0.3 is 9.13 Å². The molecule has 0 saturated heterocycles. The average molecular weight is 202 g/mol. The van der Waals surface area contributed by atoms with Gasteiger partial charge >= 0.3 is 0 Å². The first-order chi connectivity index (χ1) is 5.59. The third-order valence-electron chi connectivity index (χ3n) is 1.47. The van der Waals surface area contributed by atoms with Crippen molar-refractivity contribution in [3.63, 3.8) is 0 Å². The molecule has 70 valence electrons. The molecule has 0 heterocycles. The highest BCUT2D eigenvalue weighted by molar-refractivity contribution is 6.69. The van der Waals surface area contributed by atoms with Gasteiger partial charge in [0.1, 0.15) is 24.2 Å². The molecule has 0 unspecified atom stereocenters. The fourth-order valence-corrected chi connectivity index (χ4v) is 6.54. The fraction of sp³-hybridized carbons (Fsp3) is 0.714. The van der Waals surface area contributed by atoms with Crippen molar-refractivity contribution in [3.05, 3.63) is 0 Å². The molecular weight excluding hydrogens is 184 g/mol. The van der Waals surface area contributed by atoms with E-state index in [9.17, 15) is 4.79 Å². The van der Waals surface area contributed by atoms with Crippen molar-refractivity contribution in [3.8, 4) is 0 Å². The first kappa shape index (κ1) is 11.6. The van der Waals surface area contributed by atoms with E-state index in [2.05, 4.69) is 35.6 Å². The van der Waals surface area contributed by atoms with Crippen molar-refractivity contribution in [1.29, 1.82) is 0 Å². The van der Waals surface area contributed by atoms with Gasteiger partial charge in [-0.1, -0.05) is 26.2 Å². The highest BCUT2D eigenvalue weighted by Crippen LogP contribution is 1.99. The zero-order chi connectivity index (χ0) is 9.56. The zero-order valence-corrected chi connectivity index (χ0v) is 10.6. The van der Waals surface area contributed by atoms with Gasteiger partial charge in [0.15, 0.2) is 0 Å². The van der Waals surface area contributed by atoms with Crippen LogP contribution in [0.2, 0.25) is 26.2 Å². The lowest BCUT2D eigenvalue weighted by Crippen LogP contribution is -2.38. The number of hydrazone groups is 1. The number of carbonyl (C=O) groups is 1. The summed E-state index contributed by atoms with van der Waals surface area (Å²) in [5.41, 5.74) is 0. The molecule has 5 heteroatoms. The molecular formula is C7H18N2OSi2. The van der Waals surface area contributed by atoms with Crippen molar-refractivity contribution in [1.82, 2.24) is 4.34 Å². The molecule has 0 N–H and O–H groups in total. The molecule has 12 heavy (non-hydrogen) atoms. The molecule has 0 aliphatic carbocycles. The lowest BCUT2D eigenvalue weighted by molar-refractivity contribution is -0.106. The predicted molar refractivity (Wildman–Crippen MR) is 58.8 cm³/mol. The second-order valence-corrected chi connectivity index (χ2v) is 9.30. The van der Waals surface area contributed by atoms with Crippen LogP contribution >= 0.6 is 0 Å². The summed E-state index contributed by atoms with van der Waals surface area (Å²) in [6.07, 6.45) is 3.04. The van der Waals surface area contributed by atoms with Gasteiger partial charge in [0.05, 0.1) is 0 Å². The molecule has 0 aromatic rings. The van der Waals surface area contributed by atoms with Gasteiger partial charge in [0.25, 0.3) is 0 Å². The van der Waals surface area contributed by atoms with E-state index < -0.39 is 17.9 Å². The molecule has 0 atom stereocenters.